The lowest BCUT2D eigenvalue weighted by Crippen LogP contribution is -2.36. The summed E-state index contributed by atoms with van der Waals surface area (Å²) in [6.07, 6.45) is 0. The number of carbonyl (C=O) groups is 1. The number of halogens is 1. The number of hydrogen-bond donors (Lipinski definition) is 1. The van der Waals surface area contributed by atoms with E-state index >= 15 is 0 Å². The molecule has 1 unspecified atom stereocenters. The van der Waals surface area contributed by atoms with Crippen LogP contribution in [0.4, 0.5) is 0 Å². The Morgan fingerprint density at radius 2 is 2.04 bits per heavy atom. The van der Waals surface area contributed by atoms with E-state index in [1.54, 1.807) is 18.2 Å². The van der Waals surface area contributed by atoms with Crippen LogP contribution in [0.3, 0.4) is 0 Å². The average Bonchev–Trinajstić information content (AvgIpc) is 2.92. The molecule has 1 aromatic carbocycles. The van der Waals surface area contributed by atoms with Crippen LogP contribution in [-0.2, 0) is 4.79 Å². The molecule has 0 fully saturated rings. The highest BCUT2D eigenvalue weighted by Crippen LogP contribution is 2.23. The summed E-state index contributed by atoms with van der Waals surface area (Å²) in [6, 6.07) is 10.9. The number of rotatable bonds is 7. The number of para-hydroxylation sites is 1. The quantitative estimate of drug-likeness (QED) is 0.844. The summed E-state index contributed by atoms with van der Waals surface area (Å²) in [4.78, 5) is 14.0. The van der Waals surface area contributed by atoms with Gasteiger partial charge in [-0.05, 0) is 45.3 Å². The average molecular weight is 337 g/mol. The Labute approximate surface area is 141 Å². The van der Waals surface area contributed by atoms with E-state index in [0.29, 0.717) is 17.3 Å². The zero-order valence-electron chi connectivity index (χ0n) is 13.5. The molecule has 124 valence electrons. The Kier molecular flexibility index (Phi) is 6.07. The van der Waals surface area contributed by atoms with Crippen LogP contribution in [0.2, 0.25) is 5.02 Å². The number of aryl methyl sites for hydroxylation is 1. The van der Waals surface area contributed by atoms with Gasteiger partial charge in [-0.1, -0.05) is 23.7 Å². The second kappa shape index (κ2) is 8.04. The molecule has 1 atom stereocenters. The topological polar surface area (TPSA) is 54.7 Å². The summed E-state index contributed by atoms with van der Waals surface area (Å²) in [6.45, 7) is 2.25. The third-order valence-corrected chi connectivity index (χ3v) is 3.71. The van der Waals surface area contributed by atoms with Crippen LogP contribution in [0.15, 0.2) is 40.8 Å². The third kappa shape index (κ3) is 5.01. The number of nitrogens with one attached hydrogen (secondary N) is 1. The molecule has 0 aliphatic carbocycles. The number of likely N-dealkylation sites (N-methyl/N-ethyl adjacent to an activating group) is 1. The summed E-state index contributed by atoms with van der Waals surface area (Å²) in [5.41, 5.74) is 0. The van der Waals surface area contributed by atoms with E-state index in [1.807, 2.05) is 44.1 Å². The van der Waals surface area contributed by atoms with Gasteiger partial charge in [-0.2, -0.15) is 0 Å². The third-order valence-electron chi connectivity index (χ3n) is 3.40. The van der Waals surface area contributed by atoms with Crippen molar-refractivity contribution in [2.75, 3.05) is 27.2 Å². The second-order valence-electron chi connectivity index (χ2n) is 5.45. The Balaban J connectivity index is 1.86. The minimum absolute atomic E-state index is 0.0343. The second-order valence-corrected chi connectivity index (χ2v) is 5.86. The SMILES string of the molecule is Cc1ccc(C(CNC(=O)COc2ccccc2Cl)N(C)C)o1. The van der Waals surface area contributed by atoms with Crippen LogP contribution in [0.25, 0.3) is 0 Å². The van der Waals surface area contributed by atoms with E-state index in [2.05, 4.69) is 5.32 Å². The molecule has 1 heterocycles. The normalized spacial score (nSPS) is 12.2. The molecule has 2 rings (SSSR count). The molecule has 0 bridgehead atoms. The van der Waals surface area contributed by atoms with Crippen molar-refractivity contribution in [3.05, 3.63) is 52.9 Å². The summed E-state index contributed by atoms with van der Waals surface area (Å²) in [5, 5.41) is 3.34. The molecule has 1 amide bonds. The van der Waals surface area contributed by atoms with E-state index < -0.39 is 0 Å². The Bertz CT molecular complexity index is 655. The zero-order chi connectivity index (χ0) is 16.8. The Morgan fingerprint density at radius 1 is 1.30 bits per heavy atom. The molecule has 1 aromatic heterocycles. The number of hydrogen-bond acceptors (Lipinski definition) is 4. The maximum atomic E-state index is 12.0. The molecular formula is C17H21ClN2O3. The van der Waals surface area contributed by atoms with Crippen molar-refractivity contribution in [1.82, 2.24) is 10.2 Å². The van der Waals surface area contributed by atoms with E-state index in [0.717, 1.165) is 11.5 Å². The van der Waals surface area contributed by atoms with Gasteiger partial charge in [0.1, 0.15) is 17.3 Å². The molecule has 0 spiro atoms. The van der Waals surface area contributed by atoms with E-state index in [1.165, 1.54) is 0 Å². The standard InChI is InChI=1S/C17H21ClN2O3/c1-12-8-9-16(23-12)14(20(2)3)10-19-17(21)11-22-15-7-5-4-6-13(15)18/h4-9,14H,10-11H2,1-3H3,(H,19,21). The number of ether oxygens (including phenoxy) is 1. The van der Waals surface area contributed by atoms with Crippen molar-refractivity contribution in [2.45, 2.75) is 13.0 Å². The van der Waals surface area contributed by atoms with Crippen molar-refractivity contribution in [3.8, 4) is 5.75 Å². The summed E-state index contributed by atoms with van der Waals surface area (Å²) < 4.78 is 11.1. The van der Waals surface area contributed by atoms with Gasteiger partial charge in [0.25, 0.3) is 5.91 Å². The van der Waals surface area contributed by atoms with Crippen molar-refractivity contribution in [2.24, 2.45) is 0 Å². The van der Waals surface area contributed by atoms with Gasteiger partial charge < -0.3 is 14.5 Å². The van der Waals surface area contributed by atoms with Crippen LogP contribution >= 0.6 is 11.6 Å². The Morgan fingerprint density at radius 3 is 2.65 bits per heavy atom. The molecule has 0 aliphatic rings. The molecule has 5 nitrogen and oxygen atoms in total. The smallest absolute Gasteiger partial charge is 0.258 e. The van der Waals surface area contributed by atoms with Crippen LogP contribution in [0, 0.1) is 6.92 Å². The monoisotopic (exact) mass is 336 g/mol. The fourth-order valence-corrected chi connectivity index (χ4v) is 2.33. The summed E-state index contributed by atoms with van der Waals surface area (Å²) >= 11 is 5.98. The van der Waals surface area contributed by atoms with Crippen LogP contribution in [-0.4, -0.2) is 38.1 Å². The van der Waals surface area contributed by atoms with Crippen molar-refractivity contribution in [1.29, 1.82) is 0 Å². The molecule has 23 heavy (non-hydrogen) atoms. The fourth-order valence-electron chi connectivity index (χ4n) is 2.14. The van der Waals surface area contributed by atoms with Crippen molar-refractivity contribution < 1.29 is 13.9 Å². The Hall–Kier alpha value is -1.98. The maximum Gasteiger partial charge on any atom is 0.258 e. The number of amides is 1. The molecule has 1 N–H and O–H groups in total. The highest BCUT2D eigenvalue weighted by molar-refractivity contribution is 6.32. The lowest BCUT2D eigenvalue weighted by molar-refractivity contribution is -0.123. The summed E-state index contributed by atoms with van der Waals surface area (Å²) in [5.74, 6) is 1.95. The largest absolute Gasteiger partial charge is 0.482 e. The maximum absolute atomic E-state index is 12.0. The molecule has 0 radical (unpaired) electrons. The fraction of sp³-hybridized carbons (Fsp3) is 0.353. The van der Waals surface area contributed by atoms with Gasteiger partial charge >= 0.3 is 0 Å². The first-order valence-corrected chi connectivity index (χ1v) is 7.72. The van der Waals surface area contributed by atoms with Gasteiger partial charge in [0, 0.05) is 6.54 Å². The molecule has 0 saturated heterocycles. The van der Waals surface area contributed by atoms with Gasteiger partial charge in [0.05, 0.1) is 11.1 Å². The lowest BCUT2D eigenvalue weighted by atomic mass is 10.2. The zero-order valence-corrected chi connectivity index (χ0v) is 14.3. The first kappa shape index (κ1) is 17.4. The molecular weight excluding hydrogens is 316 g/mol. The first-order valence-electron chi connectivity index (χ1n) is 7.34. The lowest BCUT2D eigenvalue weighted by Gasteiger charge is -2.22. The predicted octanol–water partition coefficient (Wildman–Crippen LogP) is 3.04. The van der Waals surface area contributed by atoms with Crippen molar-refractivity contribution >= 4 is 17.5 Å². The van der Waals surface area contributed by atoms with Gasteiger partial charge in [-0.15, -0.1) is 0 Å². The van der Waals surface area contributed by atoms with Gasteiger partial charge in [0.15, 0.2) is 6.61 Å². The first-order chi connectivity index (χ1) is 11.0. The minimum atomic E-state index is -0.208. The summed E-state index contributed by atoms with van der Waals surface area (Å²) in [7, 11) is 3.88. The van der Waals surface area contributed by atoms with Crippen LogP contribution < -0.4 is 10.1 Å². The highest BCUT2D eigenvalue weighted by Gasteiger charge is 2.18. The molecule has 0 aliphatic heterocycles. The minimum Gasteiger partial charge on any atom is -0.482 e. The molecule has 2 aromatic rings. The van der Waals surface area contributed by atoms with Crippen LogP contribution in [0.1, 0.15) is 17.6 Å². The number of carbonyl (C=O) groups excluding carboxylic acids is 1. The highest BCUT2D eigenvalue weighted by atomic mass is 35.5. The van der Waals surface area contributed by atoms with E-state index in [4.69, 9.17) is 20.8 Å². The molecule has 0 saturated carbocycles. The van der Waals surface area contributed by atoms with Gasteiger partial charge in [-0.3, -0.25) is 9.69 Å². The van der Waals surface area contributed by atoms with E-state index in [9.17, 15) is 4.79 Å². The predicted molar refractivity (Wildman–Crippen MR) is 89.8 cm³/mol. The van der Waals surface area contributed by atoms with Gasteiger partial charge in [0.2, 0.25) is 0 Å². The van der Waals surface area contributed by atoms with Crippen molar-refractivity contribution in [3.63, 3.8) is 0 Å². The van der Waals surface area contributed by atoms with E-state index in [-0.39, 0.29) is 18.6 Å². The molecule has 6 heteroatoms. The number of furan rings is 1. The van der Waals surface area contributed by atoms with Crippen LogP contribution in [0.5, 0.6) is 5.75 Å². The van der Waals surface area contributed by atoms with Gasteiger partial charge in [-0.25, -0.2) is 0 Å². The number of benzene rings is 1. The number of nitrogens with zero attached hydrogens (tertiary/aromatic N) is 1.